The maximum atomic E-state index is 4.91. The van der Waals surface area contributed by atoms with Gasteiger partial charge in [0.2, 0.25) is 0 Å². The zero-order chi connectivity index (χ0) is 23.2. The maximum Gasteiger partial charge on any atom is 0.0904 e. The minimum Gasteiger partial charge on any atom is -0.372 e. The molecule has 0 saturated heterocycles. The molecule has 1 aliphatic heterocycles. The van der Waals surface area contributed by atoms with Gasteiger partial charge in [-0.05, 0) is 38.3 Å². The van der Waals surface area contributed by atoms with Crippen LogP contribution in [0, 0.1) is 12.8 Å². The summed E-state index contributed by atoms with van der Waals surface area (Å²) in [5.41, 5.74) is 4.60. The van der Waals surface area contributed by atoms with Gasteiger partial charge < -0.3 is 5.32 Å². The Kier molecular flexibility index (Phi) is 20.5. The number of rotatable bonds is 7. The predicted octanol–water partition coefficient (Wildman–Crippen LogP) is 8.18. The molecule has 1 aromatic carbocycles. The summed E-state index contributed by atoms with van der Waals surface area (Å²) >= 11 is 0. The van der Waals surface area contributed by atoms with Crippen molar-refractivity contribution in [2.45, 2.75) is 73.8 Å². The van der Waals surface area contributed by atoms with Gasteiger partial charge in [0, 0.05) is 12.1 Å². The lowest BCUT2D eigenvalue weighted by atomic mass is 9.97. The molecular formula is C28H42N2. The first-order chi connectivity index (χ1) is 14.8. The van der Waals surface area contributed by atoms with E-state index in [4.69, 9.17) is 4.99 Å². The van der Waals surface area contributed by atoms with E-state index < -0.39 is 0 Å². The zero-order valence-electron chi connectivity index (χ0n) is 20.2. The first-order valence-corrected chi connectivity index (χ1v) is 11.1. The molecule has 2 heteroatoms. The average molecular weight is 407 g/mol. The molecule has 0 aromatic heterocycles. The van der Waals surface area contributed by atoms with E-state index in [2.05, 4.69) is 98.8 Å². The predicted molar refractivity (Wildman–Crippen MR) is 138 cm³/mol. The third-order valence-corrected chi connectivity index (χ3v) is 3.99. The zero-order valence-corrected chi connectivity index (χ0v) is 20.2. The third-order valence-electron chi connectivity index (χ3n) is 3.99. The van der Waals surface area contributed by atoms with Gasteiger partial charge in [0.05, 0.1) is 17.4 Å². The van der Waals surface area contributed by atoms with Crippen molar-refractivity contribution in [3.63, 3.8) is 0 Å². The van der Waals surface area contributed by atoms with Gasteiger partial charge in [-0.3, -0.25) is 4.99 Å². The first kappa shape index (κ1) is 29.4. The Labute approximate surface area is 186 Å². The van der Waals surface area contributed by atoms with Crippen molar-refractivity contribution in [1.29, 1.82) is 0 Å². The molecule has 0 radical (unpaired) electrons. The highest BCUT2D eigenvalue weighted by Gasteiger charge is 2.22. The Morgan fingerprint density at radius 1 is 0.967 bits per heavy atom. The van der Waals surface area contributed by atoms with E-state index >= 15 is 0 Å². The molecule has 0 amide bonds. The molecule has 1 heterocycles. The minimum atomic E-state index is 0.137. The second-order valence-electron chi connectivity index (χ2n) is 5.88. The van der Waals surface area contributed by atoms with Crippen molar-refractivity contribution in [2.75, 3.05) is 0 Å². The number of nitrogens with zero attached hydrogens (tertiary/aromatic N) is 1. The largest absolute Gasteiger partial charge is 0.372 e. The van der Waals surface area contributed by atoms with Crippen LogP contribution in [0.15, 0.2) is 83.2 Å². The second kappa shape index (κ2) is 20.9. The quantitative estimate of drug-likeness (QED) is 0.358. The van der Waals surface area contributed by atoms with E-state index in [1.54, 1.807) is 0 Å². The highest BCUT2D eigenvalue weighted by atomic mass is 15.0. The highest BCUT2D eigenvalue weighted by Crippen LogP contribution is 2.25. The average Bonchev–Trinajstić information content (AvgIpc) is 2.83. The fourth-order valence-electron chi connectivity index (χ4n) is 2.69. The van der Waals surface area contributed by atoms with Crippen LogP contribution >= 0.6 is 0 Å². The summed E-state index contributed by atoms with van der Waals surface area (Å²) in [5, 5.41) is 3.67. The summed E-state index contributed by atoms with van der Waals surface area (Å²) in [6, 6.07) is 10.7. The smallest absolute Gasteiger partial charge is 0.0904 e. The molecule has 0 aliphatic carbocycles. The van der Waals surface area contributed by atoms with Gasteiger partial charge in [-0.15, -0.1) is 12.8 Å². The van der Waals surface area contributed by atoms with Gasteiger partial charge in [-0.2, -0.15) is 0 Å². The van der Waals surface area contributed by atoms with Gasteiger partial charge in [0.25, 0.3) is 0 Å². The summed E-state index contributed by atoms with van der Waals surface area (Å²) in [5.74, 6) is 0. The summed E-state index contributed by atoms with van der Waals surface area (Å²) in [4.78, 5) is 4.91. The van der Waals surface area contributed by atoms with Crippen molar-refractivity contribution in [3.8, 4) is 12.8 Å². The summed E-state index contributed by atoms with van der Waals surface area (Å²) < 4.78 is 0. The molecule has 1 aliphatic rings. The number of benzene rings is 1. The molecule has 0 fully saturated rings. The molecule has 30 heavy (non-hydrogen) atoms. The molecule has 0 saturated carbocycles. The molecule has 1 unspecified atom stereocenters. The van der Waals surface area contributed by atoms with Crippen molar-refractivity contribution in [3.05, 3.63) is 83.7 Å². The number of allylic oxidation sites excluding steroid dienone is 7. The standard InChI is InChI=1S/C22H28N2.2C2H6.C2H2/c1-4-6-8-9-13-17-21-22(19-14-11-10-12-15-19)24-20(16-7-5-2)18(3)23-21;3*1-2/h4,6-7,9-16,22,24H,5,8,17H2,1-3H3;2*1-2H3;1-2H/b6-4-,13-9-,16-7-;;;. The number of aliphatic imine (C=N–C) groups is 1. The lowest BCUT2D eigenvalue weighted by Gasteiger charge is -2.27. The van der Waals surface area contributed by atoms with E-state index in [9.17, 15) is 0 Å². The van der Waals surface area contributed by atoms with Crippen LogP contribution < -0.4 is 5.32 Å². The lowest BCUT2D eigenvalue weighted by molar-refractivity contribution is 0.724. The highest BCUT2D eigenvalue weighted by molar-refractivity contribution is 5.93. The van der Waals surface area contributed by atoms with Gasteiger partial charge in [-0.25, -0.2) is 0 Å². The normalized spacial score (nSPS) is 15.4. The van der Waals surface area contributed by atoms with Crippen LogP contribution in [-0.4, -0.2) is 5.71 Å². The van der Waals surface area contributed by atoms with Gasteiger partial charge >= 0.3 is 0 Å². The van der Waals surface area contributed by atoms with Gasteiger partial charge in [-0.1, -0.05) is 95.3 Å². The topological polar surface area (TPSA) is 24.4 Å². The monoisotopic (exact) mass is 406 g/mol. The Balaban J connectivity index is 0. The fraction of sp³-hybridized carbons (Fsp3) is 0.393. The summed E-state index contributed by atoms with van der Waals surface area (Å²) in [6.07, 6.45) is 23.9. The van der Waals surface area contributed by atoms with Crippen LogP contribution in [0.4, 0.5) is 0 Å². The van der Waals surface area contributed by atoms with Crippen molar-refractivity contribution in [2.24, 2.45) is 4.99 Å². The second-order valence-corrected chi connectivity index (χ2v) is 5.88. The molecule has 0 bridgehead atoms. The van der Waals surface area contributed by atoms with Gasteiger partial charge in [0.1, 0.15) is 0 Å². The molecule has 164 valence electrons. The van der Waals surface area contributed by atoms with Crippen molar-refractivity contribution in [1.82, 2.24) is 5.32 Å². The molecular weight excluding hydrogens is 364 g/mol. The first-order valence-electron chi connectivity index (χ1n) is 11.1. The Bertz CT molecular complexity index is 701. The Hall–Kier alpha value is -2.79. The van der Waals surface area contributed by atoms with E-state index in [-0.39, 0.29) is 6.04 Å². The van der Waals surface area contributed by atoms with E-state index in [1.165, 1.54) is 11.3 Å². The van der Waals surface area contributed by atoms with Crippen LogP contribution in [0.1, 0.15) is 79.3 Å². The van der Waals surface area contributed by atoms with Gasteiger partial charge in [0.15, 0.2) is 0 Å². The van der Waals surface area contributed by atoms with Crippen molar-refractivity contribution < 1.29 is 0 Å². The van der Waals surface area contributed by atoms with Crippen LogP contribution in [0.3, 0.4) is 0 Å². The molecule has 2 rings (SSSR count). The molecule has 1 atom stereocenters. The summed E-state index contributed by atoms with van der Waals surface area (Å²) in [6.45, 7) is 14.3. The molecule has 0 spiro atoms. The van der Waals surface area contributed by atoms with E-state index in [0.717, 1.165) is 30.7 Å². The minimum absolute atomic E-state index is 0.137. The molecule has 1 N–H and O–H groups in total. The van der Waals surface area contributed by atoms with Crippen molar-refractivity contribution >= 4 is 5.71 Å². The van der Waals surface area contributed by atoms with Crippen LogP contribution in [0.2, 0.25) is 0 Å². The lowest BCUT2D eigenvalue weighted by Crippen LogP contribution is -2.31. The number of hydrogen-bond donors (Lipinski definition) is 1. The maximum absolute atomic E-state index is 4.91. The van der Waals surface area contributed by atoms with Crippen LogP contribution in [-0.2, 0) is 0 Å². The van der Waals surface area contributed by atoms with Crippen LogP contribution in [0.25, 0.3) is 0 Å². The number of terminal acetylenes is 1. The fourth-order valence-corrected chi connectivity index (χ4v) is 2.69. The number of nitrogens with one attached hydrogen (secondary N) is 1. The van der Waals surface area contributed by atoms with E-state index in [0.29, 0.717) is 0 Å². The Morgan fingerprint density at radius 3 is 2.17 bits per heavy atom. The number of hydrogen-bond acceptors (Lipinski definition) is 2. The molecule has 1 aromatic rings. The van der Waals surface area contributed by atoms with E-state index in [1.807, 2.05) is 34.6 Å². The van der Waals surface area contributed by atoms with Crippen LogP contribution in [0.5, 0.6) is 0 Å². The molecule has 2 nitrogen and oxygen atoms in total. The SMILES string of the molecule is C#C.C/C=C\C/C=C\CC1=NC(C)=C(/C=C\CC)NC1c1ccccc1.CC.CC. The Morgan fingerprint density at radius 2 is 1.60 bits per heavy atom. The third kappa shape index (κ3) is 11.3. The summed E-state index contributed by atoms with van der Waals surface area (Å²) in [7, 11) is 0.